The van der Waals surface area contributed by atoms with Crippen molar-refractivity contribution in [1.29, 1.82) is 0 Å². The molecular weight excluding hydrogens is 508 g/mol. The Kier molecular flexibility index (Phi) is 6.25. The third kappa shape index (κ3) is 4.64. The van der Waals surface area contributed by atoms with Crippen LogP contribution in [0.1, 0.15) is 24.2 Å². The van der Waals surface area contributed by atoms with E-state index in [0.29, 0.717) is 12.6 Å². The molecule has 38 heavy (non-hydrogen) atoms. The summed E-state index contributed by atoms with van der Waals surface area (Å²) in [7, 11) is 3.05. The Hall–Kier alpha value is -4.13. The Balaban J connectivity index is 1.65. The molecule has 0 radical (unpaired) electrons. The second-order valence-corrected chi connectivity index (χ2v) is 9.15. The lowest BCUT2D eigenvalue weighted by molar-refractivity contribution is -0.137. The van der Waals surface area contributed by atoms with Gasteiger partial charge in [-0.15, -0.1) is 0 Å². The van der Waals surface area contributed by atoms with Gasteiger partial charge in [0.1, 0.15) is 17.4 Å². The normalized spacial score (nSPS) is 18.2. The highest BCUT2D eigenvalue weighted by Gasteiger charge is 2.33. The molecule has 2 atom stereocenters. The number of benzene rings is 1. The van der Waals surface area contributed by atoms with Gasteiger partial charge < -0.3 is 14.2 Å². The zero-order valence-corrected chi connectivity index (χ0v) is 20.5. The van der Waals surface area contributed by atoms with E-state index in [1.54, 1.807) is 24.2 Å². The van der Waals surface area contributed by atoms with Crippen molar-refractivity contribution in [2.75, 3.05) is 18.0 Å². The Bertz CT molecular complexity index is 1670. The first-order chi connectivity index (χ1) is 17.9. The van der Waals surface area contributed by atoms with Gasteiger partial charge in [0.25, 0.3) is 5.56 Å². The molecule has 4 aromatic rings. The van der Waals surface area contributed by atoms with Gasteiger partial charge in [0, 0.05) is 38.5 Å². The van der Waals surface area contributed by atoms with E-state index < -0.39 is 29.2 Å². The number of aromatic nitrogens is 5. The van der Waals surface area contributed by atoms with Gasteiger partial charge in [-0.3, -0.25) is 9.59 Å². The molecule has 1 aromatic carbocycles. The second-order valence-electron chi connectivity index (χ2n) is 9.15. The maximum atomic E-state index is 15.0. The molecule has 4 heterocycles. The van der Waals surface area contributed by atoms with Gasteiger partial charge in [-0.1, -0.05) is 0 Å². The predicted molar refractivity (Wildman–Crippen MR) is 130 cm³/mol. The van der Waals surface area contributed by atoms with Crippen LogP contribution < -0.4 is 16.0 Å². The number of halogens is 4. The van der Waals surface area contributed by atoms with E-state index in [0.717, 1.165) is 22.4 Å². The zero-order chi connectivity index (χ0) is 27.4. The van der Waals surface area contributed by atoms with Crippen LogP contribution in [0.2, 0.25) is 0 Å². The van der Waals surface area contributed by atoms with E-state index in [-0.39, 0.29) is 46.3 Å². The zero-order valence-electron chi connectivity index (χ0n) is 20.5. The fraction of sp³-hybridized carbons (Fsp3) is 0.320. The molecule has 3 aromatic heterocycles. The third-order valence-corrected chi connectivity index (χ3v) is 6.37. The monoisotopic (exact) mass is 530 g/mol. The summed E-state index contributed by atoms with van der Waals surface area (Å²) in [6.07, 6.45) is -2.57. The van der Waals surface area contributed by atoms with Crippen LogP contribution in [0.3, 0.4) is 0 Å². The van der Waals surface area contributed by atoms with Gasteiger partial charge >= 0.3 is 6.18 Å². The minimum atomic E-state index is -4.73. The van der Waals surface area contributed by atoms with Crippen molar-refractivity contribution < 1.29 is 22.3 Å². The number of hydrogen-bond acceptors (Lipinski definition) is 7. The highest BCUT2D eigenvalue weighted by molar-refractivity contribution is 5.92. The number of ether oxygens (including phenoxy) is 1. The molecule has 1 aliphatic heterocycles. The number of morpholine rings is 1. The first-order valence-electron chi connectivity index (χ1n) is 11.6. The van der Waals surface area contributed by atoms with Crippen LogP contribution in [0, 0.1) is 5.82 Å². The van der Waals surface area contributed by atoms with E-state index >= 15 is 4.39 Å². The number of rotatable bonds is 3. The summed E-state index contributed by atoms with van der Waals surface area (Å²) in [5.41, 5.74) is -1.50. The molecule has 0 N–H and O–H groups in total. The maximum Gasteiger partial charge on any atom is 0.416 e. The first-order valence-corrected chi connectivity index (χ1v) is 11.6. The Morgan fingerprint density at radius 1 is 1.05 bits per heavy atom. The number of anilines is 1. The standard InChI is InChI=1S/C25H22F4N6O3/c1-13-10-35(12-19(38-13)14-4-7-20(36)33(2)11-14)24-31-21(17-9-30-34(3)23(37)22(17)32-24)16-6-5-15(8-18(16)26)25(27,28)29/h4-9,11,13,19H,10,12H2,1-3H3. The van der Waals surface area contributed by atoms with Crippen LogP contribution >= 0.6 is 0 Å². The van der Waals surface area contributed by atoms with Gasteiger partial charge in [0.2, 0.25) is 11.5 Å². The average Bonchev–Trinajstić information content (AvgIpc) is 2.86. The molecule has 9 nitrogen and oxygen atoms in total. The summed E-state index contributed by atoms with van der Waals surface area (Å²) in [6.45, 7) is 2.41. The molecule has 1 saturated heterocycles. The summed E-state index contributed by atoms with van der Waals surface area (Å²) < 4.78 is 63.0. The quantitative estimate of drug-likeness (QED) is 0.376. The topological polar surface area (TPSA) is 95.1 Å². The lowest BCUT2D eigenvalue weighted by Gasteiger charge is -2.37. The number of aryl methyl sites for hydroxylation is 2. The highest BCUT2D eigenvalue weighted by atomic mass is 19.4. The Morgan fingerprint density at radius 2 is 1.82 bits per heavy atom. The predicted octanol–water partition coefficient (Wildman–Crippen LogP) is 3.21. The molecular formula is C25H22F4N6O3. The first kappa shape index (κ1) is 25.5. The Labute approximate surface area is 212 Å². The average molecular weight is 530 g/mol. The highest BCUT2D eigenvalue weighted by Crippen LogP contribution is 2.35. The summed E-state index contributed by atoms with van der Waals surface area (Å²) in [5, 5.41) is 4.06. The van der Waals surface area contributed by atoms with Gasteiger partial charge in [-0.25, -0.2) is 19.0 Å². The van der Waals surface area contributed by atoms with Crippen LogP contribution in [-0.4, -0.2) is 43.5 Å². The lowest BCUT2D eigenvalue weighted by Crippen LogP contribution is -2.44. The van der Waals surface area contributed by atoms with Gasteiger partial charge in [-0.05, 0) is 36.8 Å². The minimum absolute atomic E-state index is 0.0559. The SMILES string of the molecule is CC1CN(c2nc(-c3ccc(C(F)(F)F)cc3F)c3cnn(C)c(=O)c3n2)CC(c2ccc(=O)n(C)c2)O1. The fourth-order valence-corrected chi connectivity index (χ4v) is 4.43. The van der Waals surface area contributed by atoms with E-state index in [1.165, 1.54) is 23.9 Å². The minimum Gasteiger partial charge on any atom is -0.367 e. The lowest BCUT2D eigenvalue weighted by atomic mass is 10.0. The number of fused-ring (bicyclic) bond motifs is 1. The fourth-order valence-electron chi connectivity index (χ4n) is 4.43. The van der Waals surface area contributed by atoms with Gasteiger partial charge in [-0.2, -0.15) is 18.3 Å². The van der Waals surface area contributed by atoms with E-state index in [4.69, 9.17) is 4.74 Å². The third-order valence-electron chi connectivity index (χ3n) is 6.37. The maximum absolute atomic E-state index is 15.0. The van der Waals surface area contributed by atoms with E-state index in [2.05, 4.69) is 15.1 Å². The summed E-state index contributed by atoms with van der Waals surface area (Å²) >= 11 is 0. The molecule has 0 spiro atoms. The second kappa shape index (κ2) is 9.31. The van der Waals surface area contributed by atoms with Crippen LogP contribution in [0.4, 0.5) is 23.5 Å². The molecule has 1 fully saturated rings. The Morgan fingerprint density at radius 3 is 2.50 bits per heavy atom. The van der Waals surface area contributed by atoms with Crippen molar-refractivity contribution in [3.05, 3.63) is 80.4 Å². The van der Waals surface area contributed by atoms with E-state index in [9.17, 15) is 22.8 Å². The van der Waals surface area contributed by atoms with Crippen molar-refractivity contribution in [2.24, 2.45) is 14.1 Å². The molecule has 5 rings (SSSR count). The van der Waals surface area contributed by atoms with Crippen molar-refractivity contribution in [1.82, 2.24) is 24.3 Å². The molecule has 13 heteroatoms. The molecule has 198 valence electrons. The smallest absolute Gasteiger partial charge is 0.367 e. The van der Waals surface area contributed by atoms with Crippen molar-refractivity contribution in [3.8, 4) is 11.3 Å². The molecule has 0 amide bonds. The molecule has 0 aliphatic carbocycles. The summed E-state index contributed by atoms with van der Waals surface area (Å²) in [5.74, 6) is -1.06. The van der Waals surface area contributed by atoms with Gasteiger partial charge in [0.15, 0.2) is 0 Å². The largest absolute Gasteiger partial charge is 0.416 e. The van der Waals surface area contributed by atoms with Crippen LogP contribution in [-0.2, 0) is 25.0 Å². The molecule has 0 saturated carbocycles. The summed E-state index contributed by atoms with van der Waals surface area (Å²) in [6, 6.07) is 5.22. The number of nitrogens with zero attached hydrogens (tertiary/aromatic N) is 6. The van der Waals surface area contributed by atoms with Crippen molar-refractivity contribution >= 4 is 16.9 Å². The molecule has 0 bridgehead atoms. The molecule has 2 unspecified atom stereocenters. The molecule has 1 aliphatic rings. The van der Waals surface area contributed by atoms with Crippen LogP contribution in [0.5, 0.6) is 0 Å². The van der Waals surface area contributed by atoms with Crippen LogP contribution in [0.15, 0.2) is 52.3 Å². The number of pyridine rings is 1. The van der Waals surface area contributed by atoms with Crippen molar-refractivity contribution in [2.45, 2.75) is 25.3 Å². The number of alkyl halides is 3. The summed E-state index contributed by atoms with van der Waals surface area (Å²) in [4.78, 5) is 35.5. The van der Waals surface area contributed by atoms with Crippen LogP contribution in [0.25, 0.3) is 22.2 Å². The van der Waals surface area contributed by atoms with Crippen molar-refractivity contribution in [3.63, 3.8) is 0 Å². The number of hydrogen-bond donors (Lipinski definition) is 0. The van der Waals surface area contributed by atoms with E-state index in [1.807, 2.05) is 6.92 Å². The van der Waals surface area contributed by atoms with Gasteiger partial charge in [0.05, 0.1) is 35.5 Å².